The van der Waals surface area contributed by atoms with Gasteiger partial charge in [-0.1, -0.05) is 31.4 Å². The van der Waals surface area contributed by atoms with E-state index in [1.165, 1.54) is 6.42 Å². The molecule has 0 saturated heterocycles. The van der Waals surface area contributed by atoms with Crippen molar-refractivity contribution in [1.29, 1.82) is 0 Å². The van der Waals surface area contributed by atoms with Crippen LogP contribution in [0.15, 0.2) is 24.3 Å². The lowest BCUT2D eigenvalue weighted by atomic mass is 9.86. The first-order valence-corrected chi connectivity index (χ1v) is 8.26. The molecule has 0 unspecified atom stereocenters. The second-order valence-electron chi connectivity index (χ2n) is 5.84. The molecule has 0 heterocycles. The van der Waals surface area contributed by atoms with Gasteiger partial charge in [-0.15, -0.1) is 0 Å². The molecular formula is C17H22ClNO4. The second-order valence-corrected chi connectivity index (χ2v) is 6.28. The van der Waals surface area contributed by atoms with Crippen LogP contribution in [0.5, 0.6) is 5.75 Å². The van der Waals surface area contributed by atoms with Crippen molar-refractivity contribution in [2.24, 2.45) is 5.92 Å². The van der Waals surface area contributed by atoms with Gasteiger partial charge in [0.1, 0.15) is 5.75 Å². The van der Waals surface area contributed by atoms with E-state index in [4.69, 9.17) is 21.1 Å². The van der Waals surface area contributed by atoms with Crippen molar-refractivity contribution in [1.82, 2.24) is 5.32 Å². The average Bonchev–Trinajstić information content (AvgIpc) is 2.54. The fourth-order valence-corrected chi connectivity index (χ4v) is 2.77. The highest BCUT2D eigenvalue weighted by molar-refractivity contribution is 6.30. The largest absolute Gasteiger partial charge is 0.482 e. The van der Waals surface area contributed by atoms with Crippen LogP contribution in [0.1, 0.15) is 32.6 Å². The van der Waals surface area contributed by atoms with E-state index in [9.17, 15) is 9.59 Å². The molecule has 1 aromatic carbocycles. The molecule has 0 bridgehead atoms. The van der Waals surface area contributed by atoms with Gasteiger partial charge < -0.3 is 14.8 Å². The Morgan fingerprint density at radius 2 is 1.87 bits per heavy atom. The summed E-state index contributed by atoms with van der Waals surface area (Å²) in [4.78, 5) is 23.4. The Hall–Kier alpha value is -1.75. The molecule has 0 aliphatic heterocycles. The monoisotopic (exact) mass is 339 g/mol. The molecule has 2 atom stereocenters. The van der Waals surface area contributed by atoms with E-state index in [-0.39, 0.29) is 25.2 Å². The van der Waals surface area contributed by atoms with Gasteiger partial charge in [-0.3, -0.25) is 4.79 Å². The number of nitrogens with one attached hydrogen (secondary N) is 1. The van der Waals surface area contributed by atoms with Gasteiger partial charge in [0.25, 0.3) is 5.91 Å². The zero-order valence-electron chi connectivity index (χ0n) is 13.2. The first kappa shape index (κ1) is 17.6. The van der Waals surface area contributed by atoms with Crippen molar-refractivity contribution >= 4 is 23.5 Å². The van der Waals surface area contributed by atoms with Crippen LogP contribution < -0.4 is 10.1 Å². The maximum absolute atomic E-state index is 11.8. The van der Waals surface area contributed by atoms with Gasteiger partial charge in [0.2, 0.25) is 0 Å². The molecule has 6 heteroatoms. The van der Waals surface area contributed by atoms with Crippen LogP contribution in [0.2, 0.25) is 5.02 Å². The Morgan fingerprint density at radius 3 is 2.57 bits per heavy atom. The number of hydrogen-bond acceptors (Lipinski definition) is 4. The maximum Gasteiger partial charge on any atom is 0.344 e. The van der Waals surface area contributed by atoms with Crippen LogP contribution in [-0.4, -0.2) is 31.1 Å². The van der Waals surface area contributed by atoms with Crippen LogP contribution >= 0.6 is 11.6 Å². The Balaban J connectivity index is 1.65. The topological polar surface area (TPSA) is 64.6 Å². The highest BCUT2D eigenvalue weighted by Gasteiger charge is 2.23. The summed E-state index contributed by atoms with van der Waals surface area (Å²) in [5, 5.41) is 3.52. The number of rotatable bonds is 6. The first-order valence-electron chi connectivity index (χ1n) is 7.88. The smallest absolute Gasteiger partial charge is 0.344 e. The SMILES string of the molecule is C[C@@H]1CCCC[C@@H]1NC(=O)COC(=O)COc1ccc(Cl)cc1. The van der Waals surface area contributed by atoms with E-state index in [0.717, 1.165) is 19.3 Å². The molecule has 1 aliphatic carbocycles. The number of halogens is 1. The van der Waals surface area contributed by atoms with E-state index in [1.54, 1.807) is 24.3 Å². The molecule has 5 nitrogen and oxygen atoms in total. The van der Waals surface area contributed by atoms with Gasteiger partial charge in [0, 0.05) is 11.1 Å². The van der Waals surface area contributed by atoms with Crippen LogP contribution in [0.3, 0.4) is 0 Å². The fraction of sp³-hybridized carbons (Fsp3) is 0.529. The molecule has 1 N–H and O–H groups in total. The zero-order chi connectivity index (χ0) is 16.7. The third-order valence-corrected chi connectivity index (χ3v) is 4.24. The summed E-state index contributed by atoms with van der Waals surface area (Å²) in [6.45, 7) is 1.62. The standard InChI is InChI=1S/C17H22ClNO4/c1-12-4-2-3-5-15(12)19-16(20)10-23-17(21)11-22-14-8-6-13(18)7-9-14/h6-9,12,15H,2-5,10-11H2,1H3,(H,19,20)/t12-,15+/m1/s1. The van der Waals surface area contributed by atoms with Crippen molar-refractivity contribution < 1.29 is 19.1 Å². The minimum Gasteiger partial charge on any atom is -0.482 e. The molecule has 23 heavy (non-hydrogen) atoms. The van der Waals surface area contributed by atoms with Crippen LogP contribution in [0.4, 0.5) is 0 Å². The molecule has 2 rings (SSSR count). The predicted octanol–water partition coefficient (Wildman–Crippen LogP) is 2.96. The Morgan fingerprint density at radius 1 is 1.17 bits per heavy atom. The van der Waals surface area contributed by atoms with E-state index in [1.807, 2.05) is 0 Å². The Bertz CT molecular complexity index is 532. The molecule has 0 radical (unpaired) electrons. The molecule has 126 valence electrons. The molecule has 1 aromatic rings. The van der Waals surface area contributed by atoms with Crippen molar-refractivity contribution in [2.45, 2.75) is 38.6 Å². The van der Waals surface area contributed by atoms with Crippen molar-refractivity contribution in [3.63, 3.8) is 0 Å². The molecule has 1 amide bonds. The van der Waals surface area contributed by atoms with Gasteiger partial charge in [0.15, 0.2) is 13.2 Å². The lowest BCUT2D eigenvalue weighted by molar-refractivity contribution is -0.150. The first-order chi connectivity index (χ1) is 11.0. The zero-order valence-corrected chi connectivity index (χ0v) is 14.0. The van der Waals surface area contributed by atoms with Gasteiger partial charge >= 0.3 is 5.97 Å². The second kappa shape index (κ2) is 8.77. The van der Waals surface area contributed by atoms with E-state index in [0.29, 0.717) is 16.7 Å². The number of esters is 1. The lowest BCUT2D eigenvalue weighted by Gasteiger charge is -2.29. The third-order valence-electron chi connectivity index (χ3n) is 3.99. The third kappa shape index (κ3) is 6.10. The molecule has 1 fully saturated rings. The Labute approximate surface area is 141 Å². The molecule has 0 spiro atoms. The van der Waals surface area contributed by atoms with Gasteiger partial charge in [-0.2, -0.15) is 0 Å². The van der Waals surface area contributed by atoms with Crippen molar-refractivity contribution in [3.8, 4) is 5.75 Å². The molecule has 1 saturated carbocycles. The summed E-state index contributed by atoms with van der Waals surface area (Å²) in [6, 6.07) is 6.84. The molecule has 1 aliphatic rings. The minimum absolute atomic E-state index is 0.181. The molecular weight excluding hydrogens is 318 g/mol. The van der Waals surface area contributed by atoms with Crippen LogP contribution in [-0.2, 0) is 14.3 Å². The summed E-state index contributed by atoms with van der Waals surface area (Å²) in [5.74, 6) is 0.152. The van der Waals surface area contributed by atoms with E-state index in [2.05, 4.69) is 12.2 Å². The number of benzene rings is 1. The predicted molar refractivity (Wildman–Crippen MR) is 87.5 cm³/mol. The van der Waals surface area contributed by atoms with E-state index >= 15 is 0 Å². The van der Waals surface area contributed by atoms with Crippen molar-refractivity contribution in [3.05, 3.63) is 29.3 Å². The minimum atomic E-state index is -0.577. The van der Waals surface area contributed by atoms with Gasteiger partial charge in [-0.05, 0) is 43.0 Å². The summed E-state index contributed by atoms with van der Waals surface area (Å²) in [5.41, 5.74) is 0. The maximum atomic E-state index is 11.8. The number of carbonyl (C=O) groups excluding carboxylic acids is 2. The van der Waals surface area contributed by atoms with Crippen molar-refractivity contribution in [2.75, 3.05) is 13.2 Å². The normalized spacial score (nSPS) is 20.6. The van der Waals surface area contributed by atoms with Gasteiger partial charge in [-0.25, -0.2) is 4.79 Å². The van der Waals surface area contributed by atoms with Gasteiger partial charge in [0.05, 0.1) is 0 Å². The molecule has 0 aromatic heterocycles. The fourth-order valence-electron chi connectivity index (χ4n) is 2.64. The summed E-state index contributed by atoms with van der Waals surface area (Å²) in [6.07, 6.45) is 4.45. The number of hydrogen-bond donors (Lipinski definition) is 1. The summed E-state index contributed by atoms with van der Waals surface area (Å²) < 4.78 is 10.2. The van der Waals surface area contributed by atoms with E-state index < -0.39 is 5.97 Å². The number of amides is 1. The summed E-state index contributed by atoms with van der Waals surface area (Å²) in [7, 11) is 0. The number of ether oxygens (including phenoxy) is 2. The van der Waals surface area contributed by atoms with Crippen LogP contribution in [0, 0.1) is 5.92 Å². The lowest BCUT2D eigenvalue weighted by Crippen LogP contribution is -2.43. The summed E-state index contributed by atoms with van der Waals surface area (Å²) >= 11 is 5.76. The quantitative estimate of drug-likeness (QED) is 0.809. The van der Waals surface area contributed by atoms with Crippen LogP contribution in [0.25, 0.3) is 0 Å². The Kier molecular flexibility index (Phi) is 6.71. The average molecular weight is 340 g/mol. The highest BCUT2D eigenvalue weighted by Crippen LogP contribution is 2.23. The number of carbonyl (C=O) groups is 2. The highest BCUT2D eigenvalue weighted by atomic mass is 35.5.